The largest absolute Gasteiger partial charge is 0.417 e. The van der Waals surface area contributed by atoms with E-state index in [0.29, 0.717) is 17.8 Å². The molecule has 0 aliphatic carbocycles. The van der Waals surface area contributed by atoms with Crippen LogP contribution in [0.5, 0.6) is 0 Å². The fourth-order valence-electron chi connectivity index (χ4n) is 6.36. The first-order valence-corrected chi connectivity index (χ1v) is 16.9. The summed E-state index contributed by atoms with van der Waals surface area (Å²) < 4.78 is 62.1. The molecule has 232 valence electrons. The molecule has 15 heteroatoms. The number of halogens is 4. The Hall–Kier alpha value is -3.74. The molecule has 2 saturated heterocycles. The standard InChI is InChI=1S/C30H24F4N6O2S3/c1-2-20(41)38-5-7-39(8-6-38)27-16-9-18(30(32,33)34)22(15-3-4-19(31)24-21(15)17(10-35)26(36)45-24)25-23(16)40(28(42)37-27)11-29(14-44-25)12-43-13-29/h2-4,9H,1,5-8,11-14,36H2. The van der Waals surface area contributed by atoms with Crippen molar-refractivity contribution in [2.75, 3.05) is 54.1 Å². The maximum absolute atomic E-state index is 15.2. The average molecular weight is 673 g/mol. The molecule has 2 aromatic heterocycles. The summed E-state index contributed by atoms with van der Waals surface area (Å²) in [4.78, 5) is 33.9. The maximum atomic E-state index is 15.2. The van der Waals surface area contributed by atoms with Gasteiger partial charge in [-0.2, -0.15) is 35.2 Å². The average Bonchev–Trinajstić information content (AvgIpc) is 3.22. The Kier molecular flexibility index (Phi) is 7.10. The molecule has 0 radical (unpaired) electrons. The lowest BCUT2D eigenvalue weighted by molar-refractivity contribution is -0.137. The van der Waals surface area contributed by atoms with Gasteiger partial charge in [0.1, 0.15) is 22.7 Å². The van der Waals surface area contributed by atoms with Crippen LogP contribution in [0, 0.1) is 22.6 Å². The van der Waals surface area contributed by atoms with E-state index in [4.69, 9.17) is 5.73 Å². The highest BCUT2D eigenvalue weighted by Crippen LogP contribution is 2.54. The molecular weight excluding hydrogens is 649 g/mol. The van der Waals surface area contributed by atoms with Crippen molar-refractivity contribution < 1.29 is 22.4 Å². The number of benzene rings is 2. The molecule has 0 atom stereocenters. The summed E-state index contributed by atoms with van der Waals surface area (Å²) in [6, 6.07) is 5.33. The number of hydrogen-bond donors (Lipinski definition) is 1. The van der Waals surface area contributed by atoms with Crippen molar-refractivity contribution in [1.29, 1.82) is 5.26 Å². The van der Waals surface area contributed by atoms with E-state index in [1.165, 1.54) is 28.5 Å². The smallest absolute Gasteiger partial charge is 0.389 e. The Balaban J connectivity index is 1.56. The predicted octanol–water partition coefficient (Wildman–Crippen LogP) is 5.56. The zero-order valence-electron chi connectivity index (χ0n) is 23.5. The molecule has 4 aromatic rings. The maximum Gasteiger partial charge on any atom is 0.417 e. The number of aromatic nitrogens is 2. The van der Waals surface area contributed by atoms with Gasteiger partial charge in [0.15, 0.2) is 0 Å². The van der Waals surface area contributed by atoms with Crippen LogP contribution in [0.4, 0.5) is 28.4 Å². The van der Waals surface area contributed by atoms with Crippen LogP contribution in [0.25, 0.3) is 32.1 Å². The molecule has 2 aromatic carbocycles. The lowest BCUT2D eigenvalue weighted by Crippen LogP contribution is -2.49. The van der Waals surface area contributed by atoms with Crippen LogP contribution in [-0.4, -0.2) is 63.8 Å². The molecule has 8 nitrogen and oxygen atoms in total. The van der Waals surface area contributed by atoms with Gasteiger partial charge in [-0.3, -0.25) is 9.36 Å². The van der Waals surface area contributed by atoms with E-state index in [1.807, 2.05) is 6.07 Å². The fraction of sp³-hybridized carbons (Fsp3) is 0.333. The molecule has 2 N–H and O–H groups in total. The van der Waals surface area contributed by atoms with Crippen molar-refractivity contribution in [2.24, 2.45) is 5.41 Å². The van der Waals surface area contributed by atoms with E-state index in [0.717, 1.165) is 35.0 Å². The second-order valence-electron chi connectivity index (χ2n) is 11.4. The van der Waals surface area contributed by atoms with E-state index in [-0.39, 0.29) is 85.4 Å². The summed E-state index contributed by atoms with van der Waals surface area (Å²) in [6.07, 6.45) is -3.65. The number of nitrogens with zero attached hydrogens (tertiary/aromatic N) is 5. The number of rotatable bonds is 3. The van der Waals surface area contributed by atoms with Gasteiger partial charge in [0, 0.05) is 76.6 Å². The lowest BCUT2D eigenvalue weighted by atomic mass is 9.92. The molecule has 0 unspecified atom stereocenters. The number of amides is 1. The van der Waals surface area contributed by atoms with Crippen LogP contribution >= 0.6 is 34.9 Å². The van der Waals surface area contributed by atoms with Gasteiger partial charge in [-0.25, -0.2) is 9.18 Å². The third kappa shape index (κ3) is 4.68. The van der Waals surface area contributed by atoms with E-state index < -0.39 is 23.2 Å². The first-order valence-electron chi connectivity index (χ1n) is 13.9. The first kappa shape index (κ1) is 29.9. The Labute approximate surface area is 266 Å². The molecule has 3 aliphatic heterocycles. The van der Waals surface area contributed by atoms with Crippen molar-refractivity contribution in [2.45, 2.75) is 17.6 Å². The van der Waals surface area contributed by atoms with Crippen LogP contribution in [0.2, 0.25) is 0 Å². The third-order valence-corrected chi connectivity index (χ3v) is 12.7. The molecular formula is C30H24F4N6O2S3. The second-order valence-corrected chi connectivity index (χ2v) is 14.4. The number of thiophene rings is 1. The number of carbonyl (C=O) groups is 1. The molecule has 5 heterocycles. The topological polar surface area (TPSA) is 108 Å². The Morgan fingerprint density at radius 1 is 1.18 bits per heavy atom. The Morgan fingerprint density at radius 3 is 2.53 bits per heavy atom. The van der Waals surface area contributed by atoms with Crippen molar-refractivity contribution in [3.63, 3.8) is 0 Å². The molecule has 2 fully saturated rings. The quantitative estimate of drug-likeness (QED) is 0.223. The van der Waals surface area contributed by atoms with Gasteiger partial charge < -0.3 is 15.5 Å². The summed E-state index contributed by atoms with van der Waals surface area (Å²) in [5.74, 6) is 1.12. The Morgan fingerprint density at radius 2 is 1.91 bits per heavy atom. The van der Waals surface area contributed by atoms with Gasteiger partial charge in [0.2, 0.25) is 5.91 Å². The van der Waals surface area contributed by atoms with Gasteiger partial charge >= 0.3 is 11.9 Å². The highest BCUT2D eigenvalue weighted by atomic mass is 32.2. The van der Waals surface area contributed by atoms with Crippen LogP contribution in [-0.2, 0) is 17.5 Å². The minimum absolute atomic E-state index is 0.00722. The van der Waals surface area contributed by atoms with E-state index in [1.54, 1.807) is 21.6 Å². The monoisotopic (exact) mass is 672 g/mol. The van der Waals surface area contributed by atoms with E-state index in [9.17, 15) is 14.9 Å². The number of anilines is 2. The molecule has 3 aliphatic rings. The molecule has 0 saturated carbocycles. The van der Waals surface area contributed by atoms with Gasteiger partial charge in [-0.05, 0) is 23.8 Å². The Bertz CT molecular complexity index is 2040. The van der Waals surface area contributed by atoms with Crippen LogP contribution in [0.3, 0.4) is 0 Å². The zero-order valence-corrected chi connectivity index (χ0v) is 26.0. The summed E-state index contributed by atoms with van der Waals surface area (Å²) in [5, 5.41) is 10.1. The van der Waals surface area contributed by atoms with E-state index in [2.05, 4.69) is 11.6 Å². The first-order chi connectivity index (χ1) is 21.5. The lowest BCUT2D eigenvalue weighted by Gasteiger charge is -2.40. The number of thioether (sulfide) groups is 2. The number of nitrogens with two attached hydrogens (primary N) is 1. The predicted molar refractivity (Wildman–Crippen MR) is 170 cm³/mol. The molecule has 1 amide bonds. The third-order valence-electron chi connectivity index (χ3n) is 8.60. The number of piperazine rings is 1. The number of nitrogen functional groups attached to an aromatic ring is 1. The van der Waals surface area contributed by atoms with Crippen LogP contribution in [0.1, 0.15) is 11.1 Å². The summed E-state index contributed by atoms with van der Waals surface area (Å²) in [5.41, 5.74) is 4.24. The molecule has 7 rings (SSSR count). The number of fused-ring (bicyclic) bond motifs is 1. The summed E-state index contributed by atoms with van der Waals surface area (Å²) in [7, 11) is 0. The fourth-order valence-corrected chi connectivity index (χ4v) is 10.2. The zero-order chi connectivity index (χ0) is 31.8. The molecule has 1 spiro atoms. The van der Waals surface area contributed by atoms with Gasteiger partial charge in [-0.1, -0.05) is 12.6 Å². The second kappa shape index (κ2) is 10.7. The van der Waals surface area contributed by atoms with Crippen LogP contribution in [0.15, 0.2) is 40.5 Å². The van der Waals surface area contributed by atoms with Crippen LogP contribution < -0.4 is 16.3 Å². The number of carbonyl (C=O) groups excluding carboxylic acids is 1. The number of alkyl halides is 3. The van der Waals surface area contributed by atoms with Gasteiger partial charge in [0.25, 0.3) is 0 Å². The normalized spacial score (nSPS) is 17.8. The van der Waals surface area contributed by atoms with Gasteiger partial charge in [-0.15, -0.1) is 23.1 Å². The van der Waals surface area contributed by atoms with Crippen molar-refractivity contribution >= 4 is 72.6 Å². The minimum Gasteiger partial charge on any atom is -0.389 e. The summed E-state index contributed by atoms with van der Waals surface area (Å²) >= 11 is 3.78. The highest BCUT2D eigenvalue weighted by Gasteiger charge is 2.44. The number of hydrogen-bond acceptors (Lipinski definition) is 9. The van der Waals surface area contributed by atoms with Crippen molar-refractivity contribution in [3.8, 4) is 17.2 Å². The molecule has 0 bridgehead atoms. The SMILES string of the molecule is C=CC(=O)N1CCN(c2nc(=O)n3c4c(c(-c5ccc(F)c6sc(N)c(C#N)c56)c(C(F)(F)F)cc24)SCC2(CSC2)C3)CC1. The van der Waals surface area contributed by atoms with Crippen molar-refractivity contribution in [1.82, 2.24) is 14.5 Å². The molecule has 45 heavy (non-hydrogen) atoms. The van der Waals surface area contributed by atoms with E-state index >= 15 is 17.6 Å². The minimum atomic E-state index is -4.86. The highest BCUT2D eigenvalue weighted by molar-refractivity contribution is 8.01. The summed E-state index contributed by atoms with van der Waals surface area (Å²) in [6.45, 7) is 4.90. The van der Waals surface area contributed by atoms with Crippen molar-refractivity contribution in [3.05, 3.63) is 58.3 Å². The van der Waals surface area contributed by atoms with Gasteiger partial charge in [0.05, 0.1) is 21.3 Å². The number of nitriles is 1.